The fourth-order valence-corrected chi connectivity index (χ4v) is 3.31. The molecule has 1 aromatic heterocycles. The average Bonchev–Trinajstić information content (AvgIpc) is 3.13. The molecule has 0 aliphatic carbocycles. The number of aryl methyl sites for hydroxylation is 1. The Morgan fingerprint density at radius 3 is 2.93 bits per heavy atom. The van der Waals surface area contributed by atoms with Gasteiger partial charge in [-0.05, 0) is 23.3 Å². The third kappa shape index (κ3) is 4.64. The van der Waals surface area contributed by atoms with Crippen LogP contribution in [0.3, 0.4) is 0 Å². The molecule has 2 heterocycles. The maximum atomic E-state index is 6.15. The molecule has 7 heteroatoms. The second-order valence-corrected chi connectivity index (χ2v) is 6.68. The summed E-state index contributed by atoms with van der Waals surface area (Å²) in [6.45, 7) is 1.20. The summed E-state index contributed by atoms with van der Waals surface area (Å²) in [5.41, 5.74) is 10.6. The summed E-state index contributed by atoms with van der Waals surface area (Å²) < 4.78 is 7.49. The van der Waals surface area contributed by atoms with Gasteiger partial charge in [0.1, 0.15) is 5.75 Å². The molecule has 1 aliphatic heterocycles. The van der Waals surface area contributed by atoms with Crippen molar-refractivity contribution in [1.82, 2.24) is 15.1 Å². The van der Waals surface area contributed by atoms with E-state index in [2.05, 4.69) is 39.7 Å². The Morgan fingerprint density at radius 2 is 2.11 bits per heavy atom. The lowest BCUT2D eigenvalue weighted by Crippen LogP contribution is -2.37. The molecule has 6 nitrogen and oxygen atoms in total. The van der Waals surface area contributed by atoms with Crippen molar-refractivity contribution >= 4 is 29.9 Å². The number of aromatic nitrogens is 2. The molecule has 1 unspecified atom stereocenters. The van der Waals surface area contributed by atoms with E-state index in [0.29, 0.717) is 19.1 Å². The summed E-state index contributed by atoms with van der Waals surface area (Å²) in [6, 6.07) is 16.5. The van der Waals surface area contributed by atoms with Crippen LogP contribution >= 0.6 is 24.0 Å². The van der Waals surface area contributed by atoms with Gasteiger partial charge in [-0.1, -0.05) is 36.4 Å². The number of nitrogens with two attached hydrogens (primary N) is 1. The van der Waals surface area contributed by atoms with E-state index in [9.17, 15) is 0 Å². The van der Waals surface area contributed by atoms with Crippen LogP contribution in [0.2, 0.25) is 0 Å². The highest BCUT2D eigenvalue weighted by Crippen LogP contribution is 2.31. The molecule has 0 spiro atoms. The first-order chi connectivity index (χ1) is 13.2. The number of para-hydroxylation sites is 1. The maximum Gasteiger partial charge on any atom is 0.189 e. The third-order valence-corrected chi connectivity index (χ3v) is 4.68. The number of aliphatic imine (C=N–C) groups is 1. The van der Waals surface area contributed by atoms with Gasteiger partial charge in [-0.3, -0.25) is 4.68 Å². The minimum atomic E-state index is 0. The highest BCUT2D eigenvalue weighted by Gasteiger charge is 2.21. The minimum absolute atomic E-state index is 0. The number of hydrogen-bond acceptors (Lipinski definition) is 3. The van der Waals surface area contributed by atoms with Crippen LogP contribution in [0.25, 0.3) is 11.1 Å². The van der Waals surface area contributed by atoms with E-state index in [4.69, 9.17) is 10.5 Å². The van der Waals surface area contributed by atoms with Crippen molar-refractivity contribution in [2.75, 3.05) is 6.61 Å². The predicted octanol–water partition coefficient (Wildman–Crippen LogP) is 3.63. The second kappa shape index (κ2) is 9.09. The van der Waals surface area contributed by atoms with Crippen molar-refractivity contribution in [1.29, 1.82) is 0 Å². The quantitative estimate of drug-likeness (QED) is 0.334. The summed E-state index contributed by atoms with van der Waals surface area (Å²) in [4.78, 5) is 4.52. The van der Waals surface area contributed by atoms with Crippen LogP contribution in [0.15, 0.2) is 65.9 Å². The molecule has 1 aliphatic rings. The number of guanidine groups is 1. The van der Waals surface area contributed by atoms with E-state index < -0.39 is 0 Å². The van der Waals surface area contributed by atoms with Gasteiger partial charge >= 0.3 is 0 Å². The van der Waals surface area contributed by atoms with Crippen LogP contribution in [0.4, 0.5) is 0 Å². The van der Waals surface area contributed by atoms with E-state index in [0.717, 1.165) is 34.4 Å². The molecule has 0 saturated carbocycles. The van der Waals surface area contributed by atoms with Crippen molar-refractivity contribution < 1.29 is 4.74 Å². The molecule has 0 amide bonds. The summed E-state index contributed by atoms with van der Waals surface area (Å²) >= 11 is 0. The average molecular weight is 489 g/mol. The zero-order valence-electron chi connectivity index (χ0n) is 15.7. The SMILES string of the molecule is Cn1cc(-c2cccc(CN=C(N)NC3CCOc4ccccc43)c2)cn1.I. The molecular weight excluding hydrogens is 465 g/mol. The number of fused-ring (bicyclic) bond motifs is 1. The van der Waals surface area contributed by atoms with Gasteiger partial charge in [0.2, 0.25) is 0 Å². The first-order valence-corrected chi connectivity index (χ1v) is 9.05. The Labute approximate surface area is 181 Å². The zero-order chi connectivity index (χ0) is 18.6. The summed E-state index contributed by atoms with van der Waals surface area (Å²) in [5.74, 6) is 1.36. The molecule has 2 aromatic carbocycles. The van der Waals surface area contributed by atoms with Gasteiger partial charge in [-0.2, -0.15) is 5.10 Å². The molecule has 0 radical (unpaired) electrons. The van der Waals surface area contributed by atoms with Crippen molar-refractivity contribution in [3.05, 3.63) is 72.1 Å². The standard InChI is InChI=1S/C21H23N5O.HI/c1-26-14-17(13-24-26)16-6-4-5-15(11-16)12-23-21(22)25-19-9-10-27-20-8-3-2-7-18(19)20;/h2-8,11,13-14,19H,9-10,12H2,1H3,(H3,22,23,25);1H. The van der Waals surface area contributed by atoms with Gasteiger partial charge in [0.15, 0.2) is 5.96 Å². The van der Waals surface area contributed by atoms with Gasteiger partial charge in [0.25, 0.3) is 0 Å². The smallest absolute Gasteiger partial charge is 0.189 e. The Balaban J connectivity index is 0.00000225. The van der Waals surface area contributed by atoms with Gasteiger partial charge in [-0.15, -0.1) is 24.0 Å². The number of ether oxygens (including phenoxy) is 1. The largest absolute Gasteiger partial charge is 0.493 e. The minimum Gasteiger partial charge on any atom is -0.493 e. The molecule has 0 saturated heterocycles. The molecule has 0 bridgehead atoms. The van der Waals surface area contributed by atoms with Crippen LogP contribution in [0.5, 0.6) is 5.75 Å². The molecule has 4 rings (SSSR count). The Kier molecular flexibility index (Phi) is 6.56. The fourth-order valence-electron chi connectivity index (χ4n) is 3.31. The predicted molar refractivity (Wildman–Crippen MR) is 122 cm³/mol. The highest BCUT2D eigenvalue weighted by atomic mass is 127. The van der Waals surface area contributed by atoms with Crippen molar-refractivity contribution in [3.63, 3.8) is 0 Å². The van der Waals surface area contributed by atoms with E-state index in [1.807, 2.05) is 43.7 Å². The van der Waals surface area contributed by atoms with Crippen molar-refractivity contribution in [2.45, 2.75) is 19.0 Å². The Hall–Kier alpha value is -2.55. The summed E-state index contributed by atoms with van der Waals surface area (Å²) in [7, 11) is 1.92. The van der Waals surface area contributed by atoms with E-state index >= 15 is 0 Å². The number of rotatable bonds is 4. The normalized spacial score (nSPS) is 15.9. The molecular formula is C21H24IN5O. The van der Waals surface area contributed by atoms with Crippen LogP contribution in [-0.2, 0) is 13.6 Å². The number of halogens is 1. The molecule has 1 atom stereocenters. The lowest BCUT2D eigenvalue weighted by molar-refractivity contribution is 0.262. The van der Waals surface area contributed by atoms with Gasteiger partial charge < -0.3 is 15.8 Å². The maximum absolute atomic E-state index is 6.15. The first kappa shape index (κ1) is 20.2. The highest BCUT2D eigenvalue weighted by molar-refractivity contribution is 14.0. The number of benzene rings is 2. The first-order valence-electron chi connectivity index (χ1n) is 9.05. The third-order valence-electron chi connectivity index (χ3n) is 4.68. The van der Waals surface area contributed by atoms with E-state index in [1.165, 1.54) is 0 Å². The fraction of sp³-hybridized carbons (Fsp3) is 0.238. The van der Waals surface area contributed by atoms with Crippen LogP contribution in [0, 0.1) is 0 Å². The molecule has 3 N–H and O–H groups in total. The zero-order valence-corrected chi connectivity index (χ0v) is 18.0. The van der Waals surface area contributed by atoms with Gasteiger partial charge in [0.05, 0.1) is 25.4 Å². The topological polar surface area (TPSA) is 77.5 Å². The van der Waals surface area contributed by atoms with Gasteiger partial charge in [-0.25, -0.2) is 4.99 Å². The van der Waals surface area contributed by atoms with Crippen LogP contribution in [0.1, 0.15) is 23.6 Å². The van der Waals surface area contributed by atoms with Gasteiger partial charge in [0, 0.05) is 30.8 Å². The van der Waals surface area contributed by atoms with E-state index in [1.54, 1.807) is 4.68 Å². The number of nitrogens with one attached hydrogen (secondary N) is 1. The monoisotopic (exact) mass is 489 g/mol. The molecule has 146 valence electrons. The second-order valence-electron chi connectivity index (χ2n) is 6.68. The lowest BCUT2D eigenvalue weighted by Gasteiger charge is -2.26. The summed E-state index contributed by atoms with van der Waals surface area (Å²) in [6.07, 6.45) is 4.73. The lowest BCUT2D eigenvalue weighted by atomic mass is 10.0. The van der Waals surface area contributed by atoms with Crippen molar-refractivity contribution in [3.8, 4) is 16.9 Å². The number of nitrogens with zero attached hydrogens (tertiary/aromatic N) is 3. The van der Waals surface area contributed by atoms with Crippen LogP contribution in [-0.4, -0.2) is 22.3 Å². The Bertz CT molecular complexity index is 969. The van der Waals surface area contributed by atoms with Crippen molar-refractivity contribution in [2.24, 2.45) is 17.8 Å². The Morgan fingerprint density at radius 1 is 1.25 bits per heavy atom. The molecule has 0 fully saturated rings. The van der Waals surface area contributed by atoms with Crippen LogP contribution < -0.4 is 15.8 Å². The molecule has 28 heavy (non-hydrogen) atoms. The van der Waals surface area contributed by atoms with E-state index in [-0.39, 0.29) is 30.0 Å². The number of hydrogen-bond donors (Lipinski definition) is 2. The summed E-state index contributed by atoms with van der Waals surface area (Å²) in [5, 5.41) is 7.56. The molecule has 3 aromatic rings.